The van der Waals surface area contributed by atoms with Crippen molar-refractivity contribution in [2.24, 2.45) is 0 Å². The van der Waals surface area contributed by atoms with Crippen LogP contribution in [-0.2, 0) is 0 Å². The van der Waals surface area contributed by atoms with Gasteiger partial charge in [-0.25, -0.2) is 4.98 Å². The highest BCUT2D eigenvalue weighted by atomic mass is 35.5. The van der Waals surface area contributed by atoms with Gasteiger partial charge in [0.2, 0.25) is 5.89 Å². The number of hydrogen-bond donors (Lipinski definition) is 1. The van der Waals surface area contributed by atoms with Crippen LogP contribution in [0.5, 0.6) is 0 Å². The van der Waals surface area contributed by atoms with Gasteiger partial charge in [0.1, 0.15) is 5.52 Å². The molecule has 0 bridgehead atoms. The number of hydrogen-bond acceptors (Lipinski definition) is 3. The van der Waals surface area contributed by atoms with E-state index in [2.05, 4.69) is 16.9 Å². The van der Waals surface area contributed by atoms with Crippen molar-refractivity contribution < 1.29 is 4.42 Å². The summed E-state index contributed by atoms with van der Waals surface area (Å²) >= 11 is 5.96. The van der Waals surface area contributed by atoms with E-state index in [1.807, 2.05) is 36.4 Å². The van der Waals surface area contributed by atoms with Crippen LogP contribution in [0.4, 0.5) is 5.69 Å². The van der Waals surface area contributed by atoms with E-state index in [0.29, 0.717) is 23.0 Å². The first kappa shape index (κ1) is 12.8. The maximum atomic E-state index is 5.96. The third-order valence-corrected chi connectivity index (χ3v) is 3.18. The number of para-hydroxylation sites is 1. The molecule has 1 heterocycles. The summed E-state index contributed by atoms with van der Waals surface area (Å²) in [5, 5.41) is 3.91. The number of nitrogens with one attached hydrogen (secondary N) is 1. The summed E-state index contributed by atoms with van der Waals surface area (Å²) in [7, 11) is 0. The van der Waals surface area contributed by atoms with Gasteiger partial charge >= 0.3 is 0 Å². The lowest BCUT2D eigenvalue weighted by atomic mass is 10.2. The Bertz CT molecular complexity index is 764. The van der Waals surface area contributed by atoms with E-state index >= 15 is 0 Å². The van der Waals surface area contributed by atoms with E-state index in [4.69, 9.17) is 16.0 Å². The fourth-order valence-corrected chi connectivity index (χ4v) is 2.18. The number of rotatable bonds is 4. The summed E-state index contributed by atoms with van der Waals surface area (Å²) in [5.41, 5.74) is 3.36. The Kier molecular flexibility index (Phi) is 3.44. The minimum Gasteiger partial charge on any atom is -0.436 e. The van der Waals surface area contributed by atoms with Crippen LogP contribution >= 0.6 is 11.6 Å². The quantitative estimate of drug-likeness (QED) is 0.703. The van der Waals surface area contributed by atoms with Crippen LogP contribution in [0.3, 0.4) is 0 Å². The molecule has 4 heteroatoms. The summed E-state index contributed by atoms with van der Waals surface area (Å²) in [6, 6.07) is 13.3. The number of oxazole rings is 1. The van der Waals surface area contributed by atoms with Crippen LogP contribution in [0.25, 0.3) is 22.6 Å². The Morgan fingerprint density at radius 3 is 2.95 bits per heavy atom. The molecule has 3 aromatic rings. The van der Waals surface area contributed by atoms with Crippen LogP contribution in [-0.4, -0.2) is 11.5 Å². The average molecular weight is 285 g/mol. The average Bonchev–Trinajstić information content (AvgIpc) is 2.88. The zero-order valence-electron chi connectivity index (χ0n) is 10.8. The van der Waals surface area contributed by atoms with Crippen molar-refractivity contribution in [3.63, 3.8) is 0 Å². The van der Waals surface area contributed by atoms with Gasteiger partial charge in [-0.05, 0) is 24.3 Å². The fourth-order valence-electron chi connectivity index (χ4n) is 2.02. The van der Waals surface area contributed by atoms with Crippen molar-refractivity contribution in [2.75, 3.05) is 11.9 Å². The van der Waals surface area contributed by atoms with Crippen LogP contribution in [0.1, 0.15) is 0 Å². The first-order chi connectivity index (χ1) is 9.78. The lowest BCUT2D eigenvalue weighted by molar-refractivity contribution is 0.620. The second-order valence-electron chi connectivity index (χ2n) is 4.35. The van der Waals surface area contributed by atoms with Gasteiger partial charge in [0.25, 0.3) is 0 Å². The molecule has 3 rings (SSSR count). The molecule has 0 aliphatic heterocycles. The van der Waals surface area contributed by atoms with E-state index in [1.165, 1.54) is 0 Å². The highest BCUT2D eigenvalue weighted by Crippen LogP contribution is 2.30. The largest absolute Gasteiger partial charge is 0.436 e. The maximum Gasteiger partial charge on any atom is 0.229 e. The standard InChI is InChI=1S/C16H13ClN2O/c1-2-9-18-13-6-4-3-5-12(13)16-19-14-8-7-11(17)10-15(14)20-16/h2-8,10,18H,1,9H2. The highest BCUT2D eigenvalue weighted by Gasteiger charge is 2.11. The molecule has 0 spiro atoms. The molecule has 0 saturated heterocycles. The predicted molar refractivity (Wildman–Crippen MR) is 83.1 cm³/mol. The van der Waals surface area contributed by atoms with E-state index < -0.39 is 0 Å². The summed E-state index contributed by atoms with van der Waals surface area (Å²) in [6.07, 6.45) is 1.81. The van der Waals surface area contributed by atoms with Crippen molar-refractivity contribution in [3.8, 4) is 11.5 Å². The predicted octanol–water partition coefficient (Wildman–Crippen LogP) is 4.75. The summed E-state index contributed by atoms with van der Waals surface area (Å²) in [4.78, 5) is 4.50. The van der Waals surface area contributed by atoms with Gasteiger partial charge in [-0.2, -0.15) is 0 Å². The van der Waals surface area contributed by atoms with Gasteiger partial charge in [0.05, 0.1) is 5.56 Å². The Hall–Kier alpha value is -2.26. The van der Waals surface area contributed by atoms with Crippen molar-refractivity contribution in [1.29, 1.82) is 0 Å². The van der Waals surface area contributed by atoms with Gasteiger partial charge in [-0.15, -0.1) is 6.58 Å². The fraction of sp³-hybridized carbons (Fsp3) is 0.0625. The molecule has 2 aromatic carbocycles. The zero-order chi connectivity index (χ0) is 13.9. The molecule has 1 aromatic heterocycles. The Morgan fingerprint density at radius 2 is 2.10 bits per heavy atom. The van der Waals surface area contributed by atoms with Crippen LogP contribution < -0.4 is 5.32 Å². The van der Waals surface area contributed by atoms with Gasteiger partial charge in [0, 0.05) is 23.3 Å². The molecule has 0 unspecified atom stereocenters. The molecule has 0 radical (unpaired) electrons. The maximum absolute atomic E-state index is 5.96. The number of fused-ring (bicyclic) bond motifs is 1. The summed E-state index contributed by atoms with van der Waals surface area (Å²) in [6.45, 7) is 4.39. The van der Waals surface area contributed by atoms with E-state index in [0.717, 1.165) is 16.8 Å². The van der Waals surface area contributed by atoms with Crippen molar-refractivity contribution in [1.82, 2.24) is 4.98 Å². The van der Waals surface area contributed by atoms with Crippen molar-refractivity contribution in [2.45, 2.75) is 0 Å². The second kappa shape index (κ2) is 5.39. The first-order valence-electron chi connectivity index (χ1n) is 6.28. The Morgan fingerprint density at radius 1 is 1.25 bits per heavy atom. The van der Waals surface area contributed by atoms with E-state index in [9.17, 15) is 0 Å². The van der Waals surface area contributed by atoms with Crippen LogP contribution in [0.2, 0.25) is 5.02 Å². The van der Waals surface area contributed by atoms with Gasteiger partial charge < -0.3 is 9.73 Å². The number of benzene rings is 2. The Balaban J connectivity index is 2.08. The van der Waals surface area contributed by atoms with E-state index in [-0.39, 0.29) is 0 Å². The molecule has 0 aliphatic carbocycles. The first-order valence-corrected chi connectivity index (χ1v) is 6.66. The molecule has 20 heavy (non-hydrogen) atoms. The number of nitrogens with zero attached hydrogens (tertiary/aromatic N) is 1. The van der Waals surface area contributed by atoms with Crippen LogP contribution in [0.15, 0.2) is 59.5 Å². The molecule has 0 fully saturated rings. The topological polar surface area (TPSA) is 38.1 Å². The molecular formula is C16H13ClN2O. The number of halogens is 1. The minimum absolute atomic E-state index is 0.578. The molecule has 0 saturated carbocycles. The monoisotopic (exact) mass is 284 g/mol. The van der Waals surface area contributed by atoms with Gasteiger partial charge in [0.15, 0.2) is 5.58 Å². The number of anilines is 1. The summed E-state index contributed by atoms with van der Waals surface area (Å²) < 4.78 is 5.79. The van der Waals surface area contributed by atoms with Gasteiger partial charge in [-0.3, -0.25) is 0 Å². The molecule has 1 N–H and O–H groups in total. The van der Waals surface area contributed by atoms with Crippen LogP contribution in [0, 0.1) is 0 Å². The zero-order valence-corrected chi connectivity index (χ0v) is 11.5. The van der Waals surface area contributed by atoms with Crippen molar-refractivity contribution >= 4 is 28.4 Å². The molecule has 3 nitrogen and oxygen atoms in total. The molecule has 0 atom stereocenters. The molecular weight excluding hydrogens is 272 g/mol. The smallest absolute Gasteiger partial charge is 0.229 e. The molecule has 100 valence electrons. The lowest BCUT2D eigenvalue weighted by Gasteiger charge is -2.07. The molecule has 0 amide bonds. The van der Waals surface area contributed by atoms with E-state index in [1.54, 1.807) is 12.1 Å². The highest BCUT2D eigenvalue weighted by molar-refractivity contribution is 6.31. The molecule has 0 aliphatic rings. The SMILES string of the molecule is C=CCNc1ccccc1-c1nc2ccc(Cl)cc2o1. The second-order valence-corrected chi connectivity index (χ2v) is 4.78. The Labute approximate surface area is 121 Å². The third-order valence-electron chi connectivity index (χ3n) is 2.94. The normalized spacial score (nSPS) is 10.7. The minimum atomic E-state index is 0.578. The van der Waals surface area contributed by atoms with Crippen molar-refractivity contribution in [3.05, 3.63) is 60.1 Å². The van der Waals surface area contributed by atoms with Gasteiger partial charge in [-0.1, -0.05) is 29.8 Å². The lowest BCUT2D eigenvalue weighted by Crippen LogP contribution is -1.99. The summed E-state index contributed by atoms with van der Waals surface area (Å²) in [5.74, 6) is 0.578. The third kappa shape index (κ3) is 2.40. The number of aromatic nitrogens is 1.